The lowest BCUT2D eigenvalue weighted by Gasteiger charge is -2.05. The lowest BCUT2D eigenvalue weighted by Crippen LogP contribution is -2.01. The molecule has 4 nitrogen and oxygen atoms in total. The quantitative estimate of drug-likeness (QED) is 0.659. The topological polar surface area (TPSA) is 39.9 Å². The van der Waals surface area contributed by atoms with Crippen LogP contribution in [-0.2, 0) is 19.6 Å². The summed E-state index contributed by atoms with van der Waals surface area (Å²) in [6.45, 7) is 3.13. The molecule has 0 atom stereocenters. The maximum Gasteiger partial charge on any atom is 0.157 e. The third-order valence-electron chi connectivity index (χ3n) is 3.62. The summed E-state index contributed by atoms with van der Waals surface area (Å²) in [5.74, 6) is 0.459. The predicted molar refractivity (Wildman–Crippen MR) is 90.3 cm³/mol. The van der Waals surface area contributed by atoms with Crippen LogP contribution in [0.1, 0.15) is 30.3 Å². The van der Waals surface area contributed by atoms with Gasteiger partial charge < -0.3 is 4.74 Å². The van der Waals surface area contributed by atoms with Gasteiger partial charge in [0.15, 0.2) is 5.75 Å². The third-order valence-corrected chi connectivity index (χ3v) is 3.62. The van der Waals surface area contributed by atoms with Crippen LogP contribution in [-0.4, -0.2) is 14.8 Å². The molecule has 3 aromatic rings. The Hall–Kier alpha value is -2.69. The van der Waals surface area contributed by atoms with Crippen molar-refractivity contribution < 1.29 is 9.13 Å². The minimum Gasteiger partial charge on any atom is -0.484 e. The smallest absolute Gasteiger partial charge is 0.157 e. The van der Waals surface area contributed by atoms with Crippen molar-refractivity contribution in [2.24, 2.45) is 0 Å². The molecule has 0 radical (unpaired) electrons. The monoisotopic (exact) mass is 325 g/mol. The molecule has 0 saturated carbocycles. The first-order valence-electron chi connectivity index (χ1n) is 8.07. The van der Waals surface area contributed by atoms with E-state index in [0.29, 0.717) is 18.9 Å². The van der Waals surface area contributed by atoms with Gasteiger partial charge in [0.25, 0.3) is 0 Å². The summed E-state index contributed by atoms with van der Waals surface area (Å²) in [5.41, 5.74) is 2.98. The van der Waals surface area contributed by atoms with E-state index in [1.54, 1.807) is 23.0 Å². The number of pyridine rings is 1. The van der Waals surface area contributed by atoms with Crippen LogP contribution in [0.15, 0.2) is 54.9 Å². The number of nitrogens with zero attached hydrogens (tertiary/aromatic N) is 3. The fraction of sp³-hybridized carbons (Fsp3) is 0.263. The highest BCUT2D eigenvalue weighted by Gasteiger charge is 2.03. The Morgan fingerprint density at radius 3 is 2.67 bits per heavy atom. The van der Waals surface area contributed by atoms with Gasteiger partial charge in [-0.05, 0) is 36.2 Å². The molecule has 2 heterocycles. The predicted octanol–water partition coefficient (Wildman–Crippen LogP) is 4.00. The molecular weight excluding hydrogens is 305 g/mol. The zero-order valence-corrected chi connectivity index (χ0v) is 13.7. The second kappa shape index (κ2) is 7.73. The average molecular weight is 325 g/mol. The second-order valence-electron chi connectivity index (χ2n) is 5.66. The SMILES string of the molecule is CCCc1cccc(COc2cnn(Cc3ccc(F)cc3)c2)n1. The Labute approximate surface area is 140 Å². The Morgan fingerprint density at radius 1 is 1.08 bits per heavy atom. The molecule has 0 unspecified atom stereocenters. The maximum atomic E-state index is 12.9. The normalized spacial score (nSPS) is 10.8. The summed E-state index contributed by atoms with van der Waals surface area (Å²) in [4.78, 5) is 4.57. The van der Waals surface area contributed by atoms with Gasteiger partial charge in [0, 0.05) is 5.69 Å². The van der Waals surface area contributed by atoms with Gasteiger partial charge in [0.1, 0.15) is 12.4 Å². The summed E-state index contributed by atoms with van der Waals surface area (Å²) >= 11 is 0. The number of hydrogen-bond acceptors (Lipinski definition) is 3. The third kappa shape index (κ3) is 4.41. The number of halogens is 1. The first-order valence-corrected chi connectivity index (χ1v) is 8.07. The van der Waals surface area contributed by atoms with E-state index in [0.717, 1.165) is 29.8 Å². The standard InChI is InChI=1S/C19H20FN3O/c1-2-4-17-5-3-6-18(22-17)14-24-19-11-21-23(13-19)12-15-7-9-16(20)10-8-15/h3,5-11,13H,2,4,12,14H2,1H3. The van der Waals surface area contributed by atoms with Gasteiger partial charge >= 0.3 is 0 Å². The van der Waals surface area contributed by atoms with Gasteiger partial charge in [-0.25, -0.2) is 4.39 Å². The van der Waals surface area contributed by atoms with Crippen molar-refractivity contribution in [3.8, 4) is 5.75 Å². The van der Waals surface area contributed by atoms with Crippen molar-refractivity contribution in [3.05, 3.63) is 77.6 Å². The molecule has 124 valence electrons. The zero-order chi connectivity index (χ0) is 16.8. The van der Waals surface area contributed by atoms with Gasteiger partial charge in [-0.3, -0.25) is 9.67 Å². The van der Waals surface area contributed by atoms with Gasteiger partial charge in [-0.2, -0.15) is 5.10 Å². The molecular formula is C19H20FN3O. The van der Waals surface area contributed by atoms with Crippen molar-refractivity contribution in [2.45, 2.75) is 32.9 Å². The Morgan fingerprint density at radius 2 is 1.88 bits per heavy atom. The van der Waals surface area contributed by atoms with Crippen LogP contribution in [0.2, 0.25) is 0 Å². The molecule has 1 aromatic carbocycles. The Bertz CT molecular complexity index is 783. The molecule has 0 N–H and O–H groups in total. The summed E-state index contributed by atoms with van der Waals surface area (Å²) in [5, 5.41) is 4.27. The molecule has 2 aromatic heterocycles. The van der Waals surface area contributed by atoms with E-state index >= 15 is 0 Å². The van der Waals surface area contributed by atoms with Gasteiger partial charge in [0.2, 0.25) is 0 Å². The molecule has 0 spiro atoms. The van der Waals surface area contributed by atoms with Crippen LogP contribution in [0.4, 0.5) is 4.39 Å². The van der Waals surface area contributed by atoms with Crippen LogP contribution in [0.3, 0.4) is 0 Å². The summed E-state index contributed by atoms with van der Waals surface area (Å²) < 4.78 is 20.4. The van der Waals surface area contributed by atoms with E-state index in [2.05, 4.69) is 17.0 Å². The number of benzene rings is 1. The lowest BCUT2D eigenvalue weighted by atomic mass is 10.2. The van der Waals surface area contributed by atoms with Crippen molar-refractivity contribution in [1.29, 1.82) is 0 Å². The fourth-order valence-corrected chi connectivity index (χ4v) is 2.44. The van der Waals surface area contributed by atoms with Crippen LogP contribution in [0.5, 0.6) is 5.75 Å². The van der Waals surface area contributed by atoms with Gasteiger partial charge in [0.05, 0.1) is 24.6 Å². The number of hydrogen-bond donors (Lipinski definition) is 0. The van der Waals surface area contributed by atoms with Crippen molar-refractivity contribution >= 4 is 0 Å². The number of aromatic nitrogens is 3. The van der Waals surface area contributed by atoms with Gasteiger partial charge in [-0.1, -0.05) is 31.5 Å². The zero-order valence-electron chi connectivity index (χ0n) is 13.7. The highest BCUT2D eigenvalue weighted by Crippen LogP contribution is 2.13. The Balaban J connectivity index is 1.58. The van der Waals surface area contributed by atoms with Crippen LogP contribution >= 0.6 is 0 Å². The highest BCUT2D eigenvalue weighted by molar-refractivity contribution is 5.19. The molecule has 0 bridgehead atoms. The summed E-state index contributed by atoms with van der Waals surface area (Å²) in [6.07, 6.45) is 5.57. The molecule has 0 amide bonds. The summed E-state index contributed by atoms with van der Waals surface area (Å²) in [7, 11) is 0. The van der Waals surface area contributed by atoms with Crippen molar-refractivity contribution in [2.75, 3.05) is 0 Å². The average Bonchev–Trinajstić information content (AvgIpc) is 3.03. The molecule has 0 fully saturated rings. The first-order chi connectivity index (χ1) is 11.7. The lowest BCUT2D eigenvalue weighted by molar-refractivity contribution is 0.300. The Kier molecular flexibility index (Phi) is 5.21. The number of aryl methyl sites for hydroxylation is 1. The van der Waals surface area contributed by atoms with E-state index < -0.39 is 0 Å². The molecule has 24 heavy (non-hydrogen) atoms. The minimum atomic E-state index is -0.235. The van der Waals surface area contributed by atoms with Crippen molar-refractivity contribution in [1.82, 2.24) is 14.8 Å². The van der Waals surface area contributed by atoms with Gasteiger partial charge in [-0.15, -0.1) is 0 Å². The maximum absolute atomic E-state index is 12.9. The second-order valence-corrected chi connectivity index (χ2v) is 5.66. The van der Waals surface area contributed by atoms with E-state index in [4.69, 9.17) is 4.74 Å². The molecule has 0 aliphatic rings. The van der Waals surface area contributed by atoms with Crippen LogP contribution in [0.25, 0.3) is 0 Å². The largest absolute Gasteiger partial charge is 0.484 e. The molecule has 0 aliphatic carbocycles. The molecule has 3 rings (SSSR count). The highest BCUT2D eigenvalue weighted by atomic mass is 19.1. The van der Waals surface area contributed by atoms with Crippen LogP contribution < -0.4 is 4.74 Å². The van der Waals surface area contributed by atoms with E-state index in [9.17, 15) is 4.39 Å². The molecule has 0 aliphatic heterocycles. The van der Waals surface area contributed by atoms with Crippen molar-refractivity contribution in [3.63, 3.8) is 0 Å². The van der Waals surface area contributed by atoms with E-state index in [-0.39, 0.29) is 5.82 Å². The first kappa shape index (κ1) is 16.2. The fourth-order valence-electron chi connectivity index (χ4n) is 2.44. The number of ether oxygens (including phenoxy) is 1. The van der Waals surface area contributed by atoms with E-state index in [1.165, 1.54) is 12.1 Å². The number of rotatable bonds is 7. The summed E-state index contributed by atoms with van der Waals surface area (Å²) in [6, 6.07) is 12.4. The minimum absolute atomic E-state index is 0.235. The van der Waals surface area contributed by atoms with E-state index in [1.807, 2.05) is 24.4 Å². The molecule has 5 heteroatoms. The molecule has 0 saturated heterocycles. The van der Waals surface area contributed by atoms with Crippen LogP contribution in [0, 0.1) is 5.82 Å².